The quantitative estimate of drug-likeness (QED) is 0.565. The highest BCUT2D eigenvalue weighted by molar-refractivity contribution is 6.30. The fourth-order valence-corrected chi connectivity index (χ4v) is 5.63. The van der Waals surface area contributed by atoms with E-state index in [-0.39, 0.29) is 40.2 Å². The minimum absolute atomic E-state index is 0.159. The fourth-order valence-electron chi connectivity index (χ4n) is 5.63. The van der Waals surface area contributed by atoms with E-state index in [0.717, 1.165) is 0 Å². The molecular weight excluding hydrogens is 414 g/mol. The third kappa shape index (κ3) is 2.26. The van der Waals surface area contributed by atoms with Crippen LogP contribution in [0.3, 0.4) is 0 Å². The van der Waals surface area contributed by atoms with E-state index in [2.05, 4.69) is 0 Å². The molecule has 32 heavy (non-hydrogen) atoms. The van der Waals surface area contributed by atoms with Gasteiger partial charge in [0.2, 0.25) is 0 Å². The average Bonchev–Trinajstić information content (AvgIpc) is 3.22. The van der Waals surface area contributed by atoms with E-state index < -0.39 is 29.0 Å². The van der Waals surface area contributed by atoms with Crippen molar-refractivity contribution in [1.29, 1.82) is 0 Å². The maximum absolute atomic E-state index is 13.3. The Morgan fingerprint density at radius 2 is 1.59 bits per heavy atom. The first-order valence-electron chi connectivity index (χ1n) is 10.6. The molecule has 0 unspecified atom stereocenters. The number of carbonyl (C=O) groups is 2. The highest BCUT2D eigenvalue weighted by Crippen LogP contribution is 2.56. The first kappa shape index (κ1) is 19.5. The van der Waals surface area contributed by atoms with E-state index in [9.17, 15) is 19.8 Å². The lowest BCUT2D eigenvalue weighted by Crippen LogP contribution is -2.58. The minimum Gasteiger partial charge on any atom is -0.507 e. The van der Waals surface area contributed by atoms with E-state index in [1.165, 1.54) is 0 Å². The molecule has 8 heteroatoms. The molecule has 2 N–H and O–H groups in total. The fraction of sp³-hybridized carbons (Fsp3) is 0.375. The summed E-state index contributed by atoms with van der Waals surface area (Å²) in [6, 6.07) is 6.40. The van der Waals surface area contributed by atoms with Crippen LogP contribution in [0.5, 0.6) is 11.5 Å². The third-order valence-electron chi connectivity index (χ3n) is 7.14. The van der Waals surface area contributed by atoms with Gasteiger partial charge < -0.3 is 24.4 Å². The number of hydrogen-bond acceptors (Lipinski definition) is 8. The molecule has 2 aromatic rings. The molecule has 0 radical (unpaired) electrons. The van der Waals surface area contributed by atoms with Gasteiger partial charge in [0, 0.05) is 42.0 Å². The van der Waals surface area contributed by atoms with E-state index in [0.29, 0.717) is 36.7 Å². The number of aromatic hydroxyl groups is 2. The number of carbonyl (C=O) groups excluding carboxylic acids is 2. The second kappa shape index (κ2) is 6.17. The number of phenols is 2. The zero-order chi connectivity index (χ0) is 22.4. The Kier molecular flexibility index (Phi) is 3.75. The Labute approximate surface area is 183 Å². The van der Waals surface area contributed by atoms with Crippen LogP contribution in [0.2, 0.25) is 0 Å². The number of phenolic OH excluding ortho intramolecular Hbond substituents is 2. The third-order valence-corrected chi connectivity index (χ3v) is 7.14. The maximum Gasteiger partial charge on any atom is 0.198 e. The van der Waals surface area contributed by atoms with Crippen LogP contribution in [0.15, 0.2) is 29.3 Å². The molecular formula is C24H21NO7. The summed E-state index contributed by atoms with van der Waals surface area (Å²) in [6.07, 6.45) is -0.193. The molecule has 0 aromatic heterocycles. The van der Waals surface area contributed by atoms with Gasteiger partial charge in [-0.25, -0.2) is 4.99 Å². The Morgan fingerprint density at radius 1 is 1.00 bits per heavy atom. The van der Waals surface area contributed by atoms with Crippen molar-refractivity contribution in [3.8, 4) is 11.5 Å². The van der Waals surface area contributed by atoms with Gasteiger partial charge in [-0.05, 0) is 6.92 Å². The van der Waals surface area contributed by atoms with Gasteiger partial charge in [0.05, 0.1) is 24.3 Å². The summed E-state index contributed by atoms with van der Waals surface area (Å²) >= 11 is 0. The van der Waals surface area contributed by atoms with Crippen LogP contribution in [0.4, 0.5) is 0 Å². The number of ether oxygens (including phenoxy) is 3. The molecule has 2 heterocycles. The van der Waals surface area contributed by atoms with E-state index >= 15 is 0 Å². The summed E-state index contributed by atoms with van der Waals surface area (Å²) in [6.45, 7) is 4.35. The van der Waals surface area contributed by atoms with E-state index in [1.54, 1.807) is 31.2 Å². The molecule has 2 bridgehead atoms. The van der Waals surface area contributed by atoms with Crippen LogP contribution < -0.4 is 0 Å². The van der Waals surface area contributed by atoms with Gasteiger partial charge in [0.1, 0.15) is 23.1 Å². The standard InChI is InChI=1S/C24H21NO7/c1-11-25-24(23(2)30-7-8-31-23)9-14-16(15(10-24)32-11)22(29)18-17(21(14)28)19(26)12-5-3-4-6-13(12)20(18)27/h3-6,15,28-29H,7-10H2,1-2H3/t15-,24-/m0/s1. The van der Waals surface area contributed by atoms with Crippen molar-refractivity contribution in [3.63, 3.8) is 0 Å². The summed E-state index contributed by atoms with van der Waals surface area (Å²) in [4.78, 5) is 31.3. The largest absolute Gasteiger partial charge is 0.507 e. The number of fused-ring (bicyclic) bond motifs is 6. The van der Waals surface area contributed by atoms with Crippen LogP contribution in [-0.4, -0.2) is 52.2 Å². The molecule has 0 spiro atoms. The molecule has 0 amide bonds. The van der Waals surface area contributed by atoms with Crippen LogP contribution in [0, 0.1) is 0 Å². The van der Waals surface area contributed by atoms with Crippen molar-refractivity contribution < 1.29 is 34.0 Å². The van der Waals surface area contributed by atoms with Crippen molar-refractivity contribution in [2.45, 2.75) is 44.1 Å². The lowest BCUT2D eigenvalue weighted by Gasteiger charge is -2.49. The summed E-state index contributed by atoms with van der Waals surface area (Å²) in [5.74, 6) is -2.31. The highest BCUT2D eigenvalue weighted by atomic mass is 16.7. The lowest BCUT2D eigenvalue weighted by molar-refractivity contribution is -0.203. The van der Waals surface area contributed by atoms with Crippen LogP contribution >= 0.6 is 0 Å². The second-order valence-electron chi connectivity index (χ2n) is 8.84. The van der Waals surface area contributed by atoms with Crippen LogP contribution in [-0.2, 0) is 20.6 Å². The van der Waals surface area contributed by atoms with Gasteiger partial charge in [-0.15, -0.1) is 0 Å². The molecule has 6 rings (SSSR count). The predicted molar refractivity (Wildman–Crippen MR) is 111 cm³/mol. The molecule has 1 fully saturated rings. The van der Waals surface area contributed by atoms with Crippen molar-refractivity contribution >= 4 is 17.5 Å². The van der Waals surface area contributed by atoms with Gasteiger partial charge in [0.15, 0.2) is 23.3 Å². The van der Waals surface area contributed by atoms with Gasteiger partial charge in [-0.2, -0.15) is 0 Å². The Hall–Kier alpha value is -3.23. The smallest absolute Gasteiger partial charge is 0.198 e. The lowest BCUT2D eigenvalue weighted by atomic mass is 9.68. The molecule has 2 aromatic carbocycles. The minimum atomic E-state index is -1.06. The number of ketones is 2. The summed E-state index contributed by atoms with van der Waals surface area (Å²) in [7, 11) is 0. The number of benzene rings is 2. The predicted octanol–water partition coefficient (Wildman–Crippen LogP) is 2.81. The Bertz CT molecular complexity index is 1260. The number of hydrogen-bond donors (Lipinski definition) is 2. The van der Waals surface area contributed by atoms with Gasteiger partial charge in [-0.3, -0.25) is 9.59 Å². The SMILES string of the molecule is CC1=N[C@@]2(C3(C)OCCO3)Cc3c(O)c4c(c(O)c3[C@H](C2)O1)C(=O)c1ccccc1C4=O. The zero-order valence-electron chi connectivity index (χ0n) is 17.6. The first-order chi connectivity index (χ1) is 15.3. The molecule has 0 saturated carbocycles. The molecule has 4 aliphatic rings. The summed E-state index contributed by atoms with van der Waals surface area (Å²) < 4.78 is 17.8. The van der Waals surface area contributed by atoms with Gasteiger partial charge in [0.25, 0.3) is 0 Å². The molecule has 2 aliphatic heterocycles. The summed E-state index contributed by atoms with van der Waals surface area (Å²) in [5.41, 5.74) is -0.235. The molecule has 2 aliphatic carbocycles. The monoisotopic (exact) mass is 435 g/mol. The second-order valence-corrected chi connectivity index (χ2v) is 8.84. The van der Waals surface area contributed by atoms with E-state index in [4.69, 9.17) is 19.2 Å². The zero-order valence-corrected chi connectivity index (χ0v) is 17.6. The highest BCUT2D eigenvalue weighted by Gasteiger charge is 2.60. The molecule has 2 atom stereocenters. The molecule has 164 valence electrons. The summed E-state index contributed by atoms with van der Waals surface area (Å²) in [5, 5.41) is 22.6. The topological polar surface area (TPSA) is 115 Å². The van der Waals surface area contributed by atoms with Crippen LogP contribution in [0.25, 0.3) is 0 Å². The normalized spacial score (nSPS) is 27.2. The van der Waals surface area contributed by atoms with Crippen LogP contribution in [0.1, 0.15) is 69.3 Å². The van der Waals surface area contributed by atoms with E-state index in [1.807, 2.05) is 6.92 Å². The van der Waals surface area contributed by atoms with Gasteiger partial charge >= 0.3 is 0 Å². The number of rotatable bonds is 1. The van der Waals surface area contributed by atoms with Gasteiger partial charge in [-0.1, -0.05) is 24.3 Å². The van der Waals surface area contributed by atoms with Crippen molar-refractivity contribution in [1.82, 2.24) is 0 Å². The first-order valence-corrected chi connectivity index (χ1v) is 10.6. The Balaban J connectivity index is 1.61. The number of nitrogens with zero attached hydrogens (tertiary/aromatic N) is 1. The Morgan fingerprint density at radius 3 is 2.22 bits per heavy atom. The van der Waals surface area contributed by atoms with Crippen molar-refractivity contribution in [3.05, 3.63) is 57.6 Å². The molecule has 8 nitrogen and oxygen atoms in total. The molecule has 1 saturated heterocycles. The average molecular weight is 435 g/mol. The van der Waals surface area contributed by atoms with Crippen molar-refractivity contribution in [2.75, 3.05) is 13.2 Å². The maximum atomic E-state index is 13.3. The number of aliphatic imine (C=N–C) groups is 1. The van der Waals surface area contributed by atoms with Crippen molar-refractivity contribution in [2.24, 2.45) is 4.99 Å².